The zero-order chi connectivity index (χ0) is 49.9. The normalized spacial score (nSPS) is 15.7. The third-order valence-corrected chi connectivity index (χ3v) is 18.5. The summed E-state index contributed by atoms with van der Waals surface area (Å²) < 4.78 is 3.89. The second kappa shape index (κ2) is 14.1. The Morgan fingerprint density at radius 2 is 1.18 bits per heavy atom. The van der Waals surface area contributed by atoms with Gasteiger partial charge in [0, 0.05) is 49.8 Å². The molecule has 4 aliphatic rings. The molecule has 0 radical (unpaired) electrons. The summed E-state index contributed by atoms with van der Waals surface area (Å²) in [4.78, 5) is 8.23. The maximum Gasteiger partial charge on any atom is 0.333 e. The molecule has 0 bridgehead atoms. The summed E-state index contributed by atoms with van der Waals surface area (Å²) in [5.41, 5.74) is 28.6. The Kier molecular flexibility index (Phi) is 8.61. The van der Waals surface area contributed by atoms with Gasteiger partial charge in [0.25, 0.3) is 0 Å². The quantitative estimate of drug-likeness (QED) is 0.161. The fraction of sp³-hybridized carbons (Fsp3) is 0.269. The lowest BCUT2D eigenvalue weighted by Crippen LogP contribution is -2.60. The van der Waals surface area contributed by atoms with E-state index in [1.807, 2.05) is 0 Å². The lowest BCUT2D eigenvalue weighted by Gasteiger charge is -2.43. The summed E-state index contributed by atoms with van der Waals surface area (Å²) in [7, 11) is 0. The van der Waals surface area contributed by atoms with Crippen LogP contribution in [0.15, 0.2) is 140 Å². The van der Waals surface area contributed by atoms with Gasteiger partial charge in [-0.3, -0.25) is 0 Å². The van der Waals surface area contributed by atoms with Gasteiger partial charge < -0.3 is 9.38 Å². The number of aromatic nitrogens is 2. The van der Waals surface area contributed by atoms with Gasteiger partial charge in [-0.25, -0.2) is 4.98 Å². The molecule has 354 valence electrons. The number of benzene rings is 8. The van der Waals surface area contributed by atoms with Crippen molar-refractivity contribution in [1.29, 1.82) is 0 Å². The Morgan fingerprint density at radius 3 is 1.90 bits per heavy atom. The van der Waals surface area contributed by atoms with Crippen molar-refractivity contribution in [3.05, 3.63) is 178 Å². The van der Waals surface area contributed by atoms with Crippen LogP contribution in [0.4, 0.5) is 11.4 Å². The van der Waals surface area contributed by atoms with Crippen molar-refractivity contribution in [3.8, 4) is 49.6 Å². The van der Waals surface area contributed by atoms with Crippen LogP contribution in [-0.4, -0.2) is 16.4 Å². The Hall–Kier alpha value is -6.69. The lowest BCUT2D eigenvalue weighted by atomic mass is 9.43. The highest BCUT2D eigenvalue weighted by Crippen LogP contribution is 2.61. The van der Waals surface area contributed by atoms with Crippen molar-refractivity contribution in [1.82, 2.24) is 9.55 Å². The summed E-state index contributed by atoms with van der Waals surface area (Å²) in [6, 6.07) is 54.6. The summed E-state index contributed by atoms with van der Waals surface area (Å²) in [6.07, 6.45) is 0. The van der Waals surface area contributed by atoms with E-state index in [1.165, 1.54) is 127 Å². The summed E-state index contributed by atoms with van der Waals surface area (Å²) in [5.74, 6) is 0. The van der Waals surface area contributed by atoms with Gasteiger partial charge in [0.15, 0.2) is 0 Å². The molecule has 0 fully saturated rings. The minimum atomic E-state index is -0.268. The molecule has 0 saturated heterocycles. The van der Waals surface area contributed by atoms with Crippen molar-refractivity contribution in [2.45, 2.75) is 117 Å². The molecule has 3 nitrogen and oxygen atoms in total. The Balaban J connectivity index is 1.19. The molecular weight excluding hydrogens is 890 g/mol. The van der Waals surface area contributed by atoms with Crippen LogP contribution in [0.5, 0.6) is 0 Å². The lowest BCUT2D eigenvalue weighted by molar-refractivity contribution is 0.584. The number of fused-ring (bicyclic) bond motifs is 17. The molecule has 0 atom stereocenters. The molecule has 0 N–H and O–H groups in total. The fourth-order valence-electron chi connectivity index (χ4n) is 13.5. The van der Waals surface area contributed by atoms with Crippen LogP contribution in [0.3, 0.4) is 0 Å². The van der Waals surface area contributed by atoms with E-state index in [-0.39, 0.29) is 33.9 Å². The Morgan fingerprint density at radius 1 is 0.528 bits per heavy atom. The van der Waals surface area contributed by atoms with E-state index >= 15 is 0 Å². The molecule has 0 unspecified atom stereocenters. The highest BCUT2D eigenvalue weighted by Gasteiger charge is 2.51. The summed E-state index contributed by atoms with van der Waals surface area (Å²) >= 11 is 1.81. The third-order valence-electron chi connectivity index (χ3n) is 17.4. The van der Waals surface area contributed by atoms with E-state index in [0.717, 1.165) is 16.1 Å². The van der Waals surface area contributed by atoms with Crippen molar-refractivity contribution in [3.63, 3.8) is 0 Å². The zero-order valence-electron chi connectivity index (χ0n) is 44.1. The molecule has 2 aliphatic carbocycles. The van der Waals surface area contributed by atoms with Crippen molar-refractivity contribution < 1.29 is 0 Å². The van der Waals surface area contributed by atoms with Crippen molar-refractivity contribution in [2.24, 2.45) is 0 Å². The molecule has 0 saturated carbocycles. The van der Waals surface area contributed by atoms with Gasteiger partial charge in [-0.05, 0) is 142 Å². The van der Waals surface area contributed by atoms with Crippen LogP contribution in [0, 0.1) is 0 Å². The number of thiazole rings is 1. The van der Waals surface area contributed by atoms with E-state index in [9.17, 15) is 0 Å². The SMILES string of the molecule is CC(C)(C)c1ccc(N2B3c4cc5nc(-c6ccccc6)sc5cc4-n4c5ccc(C(C)(C)C)cc5c5c6c(c(c3c54)-c3cc4c(cc32)-c2ccc(C(C)(C)C)cc2C4(C)C)-c2ccccc2C6(C)C)cc1. The largest absolute Gasteiger partial charge is 0.376 e. The average molecular weight is 952 g/mol. The van der Waals surface area contributed by atoms with Gasteiger partial charge in [0.2, 0.25) is 0 Å². The van der Waals surface area contributed by atoms with Gasteiger partial charge in [-0.15, -0.1) is 11.3 Å². The van der Waals surface area contributed by atoms with Gasteiger partial charge in [0.1, 0.15) is 5.01 Å². The topological polar surface area (TPSA) is 21.1 Å². The van der Waals surface area contributed by atoms with Crippen LogP contribution in [-0.2, 0) is 27.1 Å². The Labute approximate surface area is 429 Å². The standard InChI is InChI=1S/C67H62BN3S/c1-63(2,3)38-23-27-41(28-24-38)71-53-34-44-42-29-25-40(65(7,8)9)32-48(42)66(10,11)49(44)33-46(53)57-56-43-21-17-18-22-47(43)67(12,13)59(56)58-45-31-39(64(4,5)6)26-30-52(45)70-54-36-55-51(35-50(54)68(71)60(57)61(58)70)69-62(72-55)37-19-15-14-16-20-37/h14-36H,1-13H3. The molecule has 14 rings (SSSR count). The first-order chi connectivity index (χ1) is 34.1. The fourth-order valence-corrected chi connectivity index (χ4v) is 14.5. The first-order valence-corrected chi connectivity index (χ1v) is 27.0. The minimum Gasteiger partial charge on any atom is -0.376 e. The number of nitrogens with zero attached hydrogens (tertiary/aromatic N) is 3. The minimum absolute atomic E-state index is 0.0108. The molecule has 0 amide bonds. The molecule has 10 aromatic rings. The van der Waals surface area contributed by atoms with Crippen LogP contribution < -0.4 is 15.7 Å². The van der Waals surface area contributed by atoms with E-state index < -0.39 is 0 Å². The van der Waals surface area contributed by atoms with Gasteiger partial charge in [-0.1, -0.05) is 181 Å². The molecule has 2 aliphatic heterocycles. The van der Waals surface area contributed by atoms with E-state index in [2.05, 4.69) is 239 Å². The third kappa shape index (κ3) is 5.78. The zero-order valence-corrected chi connectivity index (χ0v) is 44.9. The van der Waals surface area contributed by atoms with E-state index in [4.69, 9.17) is 4.98 Å². The van der Waals surface area contributed by atoms with E-state index in [1.54, 1.807) is 11.3 Å². The maximum absolute atomic E-state index is 5.48. The number of hydrogen-bond donors (Lipinski definition) is 0. The highest BCUT2D eigenvalue weighted by atomic mass is 32.1. The number of rotatable bonds is 2. The second-order valence-corrected chi connectivity index (χ2v) is 26.7. The predicted molar refractivity (Wildman–Crippen MR) is 310 cm³/mol. The molecule has 72 heavy (non-hydrogen) atoms. The molecule has 0 spiro atoms. The monoisotopic (exact) mass is 951 g/mol. The van der Waals surface area contributed by atoms with E-state index in [0.29, 0.717) is 0 Å². The van der Waals surface area contributed by atoms with Crippen LogP contribution in [0.25, 0.3) is 81.7 Å². The maximum atomic E-state index is 5.48. The van der Waals surface area contributed by atoms with Gasteiger partial charge >= 0.3 is 6.85 Å². The second-order valence-electron chi connectivity index (χ2n) is 25.6. The Bertz CT molecular complexity index is 4030. The summed E-state index contributed by atoms with van der Waals surface area (Å²) in [5, 5.41) is 3.78. The first-order valence-electron chi connectivity index (χ1n) is 26.2. The first kappa shape index (κ1) is 44.1. The number of hydrogen-bond acceptors (Lipinski definition) is 3. The van der Waals surface area contributed by atoms with Gasteiger partial charge in [0.05, 0.1) is 21.3 Å². The molecule has 2 aromatic heterocycles. The molecule has 4 heterocycles. The van der Waals surface area contributed by atoms with Crippen LogP contribution >= 0.6 is 11.3 Å². The van der Waals surface area contributed by atoms with Crippen molar-refractivity contribution in [2.75, 3.05) is 4.81 Å². The number of anilines is 2. The smallest absolute Gasteiger partial charge is 0.333 e. The van der Waals surface area contributed by atoms with Crippen LogP contribution in [0.1, 0.15) is 129 Å². The molecule has 5 heteroatoms. The molecule has 8 aromatic carbocycles. The van der Waals surface area contributed by atoms with Crippen LogP contribution in [0.2, 0.25) is 0 Å². The van der Waals surface area contributed by atoms with Gasteiger partial charge in [-0.2, -0.15) is 0 Å². The highest BCUT2D eigenvalue weighted by molar-refractivity contribution is 7.21. The molecular formula is C67H62BN3S. The predicted octanol–water partition coefficient (Wildman–Crippen LogP) is 16.8. The summed E-state index contributed by atoms with van der Waals surface area (Å²) in [6.45, 7) is 30.8. The van der Waals surface area contributed by atoms with Crippen molar-refractivity contribution >= 4 is 72.5 Å². The average Bonchev–Trinajstić information content (AvgIpc) is 4.04.